The molecule has 120 valence electrons. The maximum atomic E-state index is 12.1. The van der Waals surface area contributed by atoms with Crippen LogP contribution in [0.5, 0.6) is 11.5 Å². The van der Waals surface area contributed by atoms with Crippen LogP contribution in [0.4, 0.5) is 5.69 Å². The minimum atomic E-state index is -0.469. The Morgan fingerprint density at radius 3 is 2.83 bits per heavy atom. The average molecular weight is 443 g/mol. The van der Waals surface area contributed by atoms with Crippen LogP contribution in [0.2, 0.25) is 0 Å². The number of phenols is 1. The van der Waals surface area contributed by atoms with Crippen molar-refractivity contribution in [3.8, 4) is 11.5 Å². The second-order valence-electron chi connectivity index (χ2n) is 4.45. The van der Waals surface area contributed by atoms with Crippen LogP contribution in [0.25, 0.3) is 0 Å². The van der Waals surface area contributed by atoms with Gasteiger partial charge in [-0.1, -0.05) is 22.0 Å². The highest BCUT2D eigenvalue weighted by Crippen LogP contribution is 2.29. The number of hydrazone groups is 1. The summed E-state index contributed by atoms with van der Waals surface area (Å²) in [6.45, 7) is 0. The minimum Gasteiger partial charge on any atom is -0.504 e. The molecule has 0 spiro atoms. The highest BCUT2D eigenvalue weighted by Gasteiger charge is 2.13. The molecule has 0 radical (unpaired) electrons. The molecule has 0 bridgehead atoms. The largest absolute Gasteiger partial charge is 0.504 e. The molecule has 1 amide bonds. The summed E-state index contributed by atoms with van der Waals surface area (Å²) < 4.78 is 6.31. The van der Waals surface area contributed by atoms with Crippen molar-refractivity contribution < 1.29 is 14.6 Å². The number of aromatic hydroxyl groups is 1. The van der Waals surface area contributed by atoms with Gasteiger partial charge in [-0.05, 0) is 40.2 Å². The minimum absolute atomic E-state index is 0.0577. The second-order valence-corrected chi connectivity index (χ2v) is 6.22. The predicted molar refractivity (Wildman–Crippen MR) is 96.0 cm³/mol. The van der Waals surface area contributed by atoms with Crippen molar-refractivity contribution in [3.05, 3.63) is 50.4 Å². The van der Waals surface area contributed by atoms with Crippen molar-refractivity contribution in [1.29, 1.82) is 0 Å². The monoisotopic (exact) mass is 441 g/mol. The van der Waals surface area contributed by atoms with E-state index in [0.717, 1.165) is 0 Å². The third-order valence-corrected chi connectivity index (χ3v) is 4.07. The molecule has 0 atom stereocenters. The number of hydrogen-bond acceptors (Lipinski definition) is 5. The van der Waals surface area contributed by atoms with Crippen molar-refractivity contribution in [2.75, 3.05) is 12.8 Å². The molecule has 0 aliphatic carbocycles. The lowest BCUT2D eigenvalue weighted by molar-refractivity contribution is 0.0956. The fraction of sp³-hybridized carbons (Fsp3) is 0.0667. The number of phenolic OH excluding ortho intramolecular Hbond substituents is 1. The van der Waals surface area contributed by atoms with Gasteiger partial charge in [-0.3, -0.25) is 4.79 Å². The van der Waals surface area contributed by atoms with Gasteiger partial charge in [0.05, 0.1) is 24.6 Å². The molecule has 23 heavy (non-hydrogen) atoms. The lowest BCUT2D eigenvalue weighted by atomic mass is 10.2. The van der Waals surface area contributed by atoms with Gasteiger partial charge in [0.15, 0.2) is 11.5 Å². The SMILES string of the molecule is COc1cccc(C=NNC(=O)c2cc(Br)cc(Br)c2N)c1O. The van der Waals surface area contributed by atoms with E-state index in [1.165, 1.54) is 13.3 Å². The Bertz CT molecular complexity index is 779. The van der Waals surface area contributed by atoms with Gasteiger partial charge in [0.25, 0.3) is 5.91 Å². The van der Waals surface area contributed by atoms with E-state index < -0.39 is 5.91 Å². The predicted octanol–water partition coefficient (Wildman–Crippen LogP) is 3.27. The van der Waals surface area contributed by atoms with Crippen molar-refractivity contribution in [3.63, 3.8) is 0 Å². The van der Waals surface area contributed by atoms with E-state index in [0.29, 0.717) is 25.9 Å². The van der Waals surface area contributed by atoms with E-state index in [2.05, 4.69) is 42.4 Å². The topological polar surface area (TPSA) is 96.9 Å². The van der Waals surface area contributed by atoms with E-state index in [4.69, 9.17) is 10.5 Å². The van der Waals surface area contributed by atoms with Crippen LogP contribution in [0.15, 0.2) is 44.4 Å². The molecule has 0 heterocycles. The van der Waals surface area contributed by atoms with Crippen molar-refractivity contribution in [2.45, 2.75) is 0 Å². The van der Waals surface area contributed by atoms with Crippen LogP contribution in [0.3, 0.4) is 0 Å². The lowest BCUT2D eigenvalue weighted by Gasteiger charge is -2.07. The van der Waals surface area contributed by atoms with Gasteiger partial charge in [0.2, 0.25) is 0 Å². The molecule has 2 aromatic carbocycles. The standard InChI is InChI=1S/C15H13Br2N3O3/c1-23-12-4-2-3-8(14(12)21)7-19-20-15(22)10-5-9(16)6-11(17)13(10)18/h2-7,21H,18H2,1H3,(H,20,22). The molecule has 6 nitrogen and oxygen atoms in total. The number of ether oxygens (including phenoxy) is 1. The third kappa shape index (κ3) is 4.02. The molecule has 8 heteroatoms. The molecule has 2 aromatic rings. The number of nitrogens with two attached hydrogens (primary N) is 1. The van der Waals surface area contributed by atoms with Crippen LogP contribution in [-0.4, -0.2) is 24.3 Å². The van der Waals surface area contributed by atoms with E-state index in [1.807, 2.05) is 0 Å². The average Bonchev–Trinajstić information content (AvgIpc) is 2.52. The summed E-state index contributed by atoms with van der Waals surface area (Å²) in [6, 6.07) is 8.28. The molecule has 0 fully saturated rings. The zero-order chi connectivity index (χ0) is 17.0. The van der Waals surface area contributed by atoms with Crippen LogP contribution >= 0.6 is 31.9 Å². The number of para-hydroxylation sites is 1. The first kappa shape index (κ1) is 17.3. The number of benzene rings is 2. The highest BCUT2D eigenvalue weighted by molar-refractivity contribution is 9.11. The summed E-state index contributed by atoms with van der Waals surface area (Å²) in [5.41, 5.74) is 9.22. The van der Waals surface area contributed by atoms with E-state index >= 15 is 0 Å². The highest BCUT2D eigenvalue weighted by atomic mass is 79.9. The summed E-state index contributed by atoms with van der Waals surface area (Å²) in [6.07, 6.45) is 1.32. The summed E-state index contributed by atoms with van der Waals surface area (Å²) in [7, 11) is 1.45. The van der Waals surface area contributed by atoms with E-state index in [1.54, 1.807) is 30.3 Å². The molecule has 0 saturated heterocycles. The first-order valence-electron chi connectivity index (χ1n) is 6.38. The number of methoxy groups -OCH3 is 1. The Labute approximate surface area is 149 Å². The molecular weight excluding hydrogens is 430 g/mol. The van der Waals surface area contributed by atoms with Crippen LogP contribution in [0, 0.1) is 0 Å². The molecule has 0 unspecified atom stereocenters. The zero-order valence-corrected chi connectivity index (χ0v) is 15.2. The first-order valence-corrected chi connectivity index (χ1v) is 7.96. The Morgan fingerprint density at radius 1 is 1.39 bits per heavy atom. The van der Waals surface area contributed by atoms with Crippen molar-refractivity contribution in [2.24, 2.45) is 5.10 Å². The number of anilines is 1. The summed E-state index contributed by atoms with van der Waals surface area (Å²) in [5.74, 6) is -0.207. The molecule has 0 saturated carbocycles. The van der Waals surface area contributed by atoms with Gasteiger partial charge in [0, 0.05) is 14.5 Å². The summed E-state index contributed by atoms with van der Waals surface area (Å²) in [5, 5.41) is 13.8. The molecule has 0 aliphatic heterocycles. The number of hydrogen-bond donors (Lipinski definition) is 3. The summed E-state index contributed by atoms with van der Waals surface area (Å²) in [4.78, 5) is 12.1. The number of nitrogens with one attached hydrogen (secondary N) is 1. The number of halogens is 2. The Kier molecular flexibility index (Phi) is 5.62. The van der Waals surface area contributed by atoms with Gasteiger partial charge in [-0.2, -0.15) is 5.10 Å². The zero-order valence-electron chi connectivity index (χ0n) is 12.0. The molecule has 0 aliphatic rings. The fourth-order valence-corrected chi connectivity index (χ4v) is 3.03. The third-order valence-electron chi connectivity index (χ3n) is 2.96. The normalized spacial score (nSPS) is 10.7. The van der Waals surface area contributed by atoms with Gasteiger partial charge in [-0.25, -0.2) is 5.43 Å². The Morgan fingerprint density at radius 2 is 2.13 bits per heavy atom. The van der Waals surface area contributed by atoms with Gasteiger partial charge < -0.3 is 15.6 Å². The van der Waals surface area contributed by atoms with Gasteiger partial charge in [-0.15, -0.1) is 0 Å². The molecule has 0 aromatic heterocycles. The van der Waals surface area contributed by atoms with Crippen LogP contribution in [-0.2, 0) is 0 Å². The maximum Gasteiger partial charge on any atom is 0.273 e. The number of carbonyl (C=O) groups excluding carboxylic acids is 1. The number of amides is 1. The smallest absolute Gasteiger partial charge is 0.273 e. The quantitative estimate of drug-likeness (QED) is 0.384. The Hall–Kier alpha value is -2.06. The summed E-state index contributed by atoms with van der Waals surface area (Å²) >= 11 is 6.57. The first-order chi connectivity index (χ1) is 10.9. The van der Waals surface area contributed by atoms with Crippen molar-refractivity contribution >= 4 is 49.7 Å². The Balaban J connectivity index is 2.17. The van der Waals surface area contributed by atoms with Gasteiger partial charge in [0.1, 0.15) is 0 Å². The maximum absolute atomic E-state index is 12.1. The molecular formula is C15H13Br2N3O3. The number of nitrogens with zero attached hydrogens (tertiary/aromatic N) is 1. The van der Waals surface area contributed by atoms with Crippen molar-refractivity contribution in [1.82, 2.24) is 5.43 Å². The van der Waals surface area contributed by atoms with Gasteiger partial charge >= 0.3 is 0 Å². The second kappa shape index (κ2) is 7.47. The lowest BCUT2D eigenvalue weighted by Crippen LogP contribution is -2.19. The molecule has 4 N–H and O–H groups in total. The van der Waals surface area contributed by atoms with Crippen LogP contribution < -0.4 is 15.9 Å². The number of rotatable bonds is 4. The molecule has 2 rings (SSSR count). The number of nitrogen functional groups attached to an aromatic ring is 1. The fourth-order valence-electron chi connectivity index (χ4n) is 1.80. The van der Waals surface area contributed by atoms with Crippen LogP contribution in [0.1, 0.15) is 15.9 Å². The van der Waals surface area contributed by atoms with E-state index in [-0.39, 0.29) is 11.3 Å². The number of carbonyl (C=O) groups is 1. The van der Waals surface area contributed by atoms with E-state index in [9.17, 15) is 9.90 Å².